The van der Waals surface area contributed by atoms with Crippen molar-refractivity contribution in [2.45, 2.75) is 13.8 Å². The van der Waals surface area contributed by atoms with Crippen LogP contribution in [-0.2, 0) is 26.2 Å². The van der Waals surface area contributed by atoms with Gasteiger partial charge in [-0.1, -0.05) is 85.3 Å². The number of halogens is 2. The standard InChI is InChI=1S/C21H16P.C11H11.2ClH.Zr/c1-3-11-19(12-4-1)22(20-13-5-2-6-14-20)21-15-17-9-7-8-10-18(17)16-21;1-8-6-7-9(2)11-5-3-4-10(8)11;;;/h1-16H;3-7H,1-2H3;2*1H;/q2*-1;;;+4/p-2. The Kier molecular flexibility index (Phi) is 11.8. The number of aryl methyl sites for hydroxylation is 2. The van der Waals surface area contributed by atoms with E-state index in [4.69, 9.17) is 0 Å². The van der Waals surface area contributed by atoms with Gasteiger partial charge in [-0.05, 0) is 25.5 Å². The molecule has 0 aliphatic carbocycles. The number of rotatable bonds is 3. The van der Waals surface area contributed by atoms with Crippen molar-refractivity contribution >= 4 is 45.4 Å². The van der Waals surface area contributed by atoms with Gasteiger partial charge in [-0.3, -0.25) is 0 Å². The van der Waals surface area contributed by atoms with Crippen LogP contribution in [0.15, 0.2) is 127 Å². The molecule has 0 fully saturated rings. The summed E-state index contributed by atoms with van der Waals surface area (Å²) in [5.41, 5.74) is 2.74. The first-order valence-corrected chi connectivity index (χ1v) is 12.7. The minimum atomic E-state index is -0.493. The van der Waals surface area contributed by atoms with Crippen LogP contribution in [0.2, 0.25) is 0 Å². The molecule has 0 N–H and O–H groups in total. The molecular formula is C32H27Cl2PZr. The first-order chi connectivity index (χ1) is 16.2. The van der Waals surface area contributed by atoms with E-state index in [9.17, 15) is 0 Å². The summed E-state index contributed by atoms with van der Waals surface area (Å²) in [6.45, 7) is 4.31. The Morgan fingerprint density at radius 2 is 1.17 bits per heavy atom. The van der Waals surface area contributed by atoms with Crippen molar-refractivity contribution < 1.29 is 51.0 Å². The summed E-state index contributed by atoms with van der Waals surface area (Å²) >= 11 is 0. The van der Waals surface area contributed by atoms with Gasteiger partial charge < -0.3 is 24.8 Å². The maximum Gasteiger partial charge on any atom is 4.00 e. The summed E-state index contributed by atoms with van der Waals surface area (Å²) in [6, 6.07) is 45.8. The molecule has 0 aromatic heterocycles. The molecule has 0 radical (unpaired) electrons. The molecule has 6 aromatic rings. The molecule has 6 rings (SSSR count). The molecule has 0 unspecified atom stereocenters. The fourth-order valence-electron chi connectivity index (χ4n) is 4.40. The van der Waals surface area contributed by atoms with Crippen LogP contribution in [0.3, 0.4) is 0 Å². The molecule has 0 saturated heterocycles. The van der Waals surface area contributed by atoms with Gasteiger partial charge in [0.1, 0.15) is 0 Å². The predicted octanol–water partition coefficient (Wildman–Crippen LogP) is 1.50. The fourth-order valence-corrected chi connectivity index (χ4v) is 6.77. The monoisotopic (exact) mass is 602 g/mol. The van der Waals surface area contributed by atoms with Crippen LogP contribution in [-0.4, -0.2) is 0 Å². The molecular weight excluding hydrogens is 577 g/mol. The van der Waals surface area contributed by atoms with E-state index >= 15 is 0 Å². The predicted molar refractivity (Wildman–Crippen MR) is 147 cm³/mol. The van der Waals surface area contributed by atoms with E-state index in [1.54, 1.807) is 0 Å². The first kappa shape index (κ1) is 30.2. The summed E-state index contributed by atoms with van der Waals surface area (Å²) in [7, 11) is -0.493. The zero-order valence-corrected chi connectivity index (χ0v) is 25.2. The fraction of sp³-hybridized carbons (Fsp3) is 0.0625. The molecule has 0 aliphatic heterocycles. The van der Waals surface area contributed by atoms with Gasteiger partial charge in [0.15, 0.2) is 0 Å². The molecule has 0 bridgehead atoms. The molecule has 0 aliphatic rings. The molecule has 0 amide bonds. The van der Waals surface area contributed by atoms with Crippen molar-refractivity contribution in [2.75, 3.05) is 0 Å². The van der Waals surface area contributed by atoms with Gasteiger partial charge in [0.25, 0.3) is 0 Å². The maximum absolute atomic E-state index is 2.35. The number of fused-ring (bicyclic) bond motifs is 2. The Morgan fingerprint density at radius 1 is 0.611 bits per heavy atom. The second-order valence-electron chi connectivity index (χ2n) is 8.40. The van der Waals surface area contributed by atoms with Gasteiger partial charge >= 0.3 is 26.2 Å². The smallest absolute Gasteiger partial charge is 1.00 e. The Morgan fingerprint density at radius 3 is 1.75 bits per heavy atom. The minimum Gasteiger partial charge on any atom is -1.00 e. The summed E-state index contributed by atoms with van der Waals surface area (Å²) in [4.78, 5) is 0. The average molecular weight is 605 g/mol. The Labute approximate surface area is 247 Å². The SMILES string of the molecule is Cc1ccc(C)c2[cH-]ccc12.[Cl-].[Cl-].[Zr+4].c1ccc(P(c2ccccc2)c2cc3ccccc3[cH-]2)cc1. The van der Waals surface area contributed by atoms with Crippen LogP contribution in [0.25, 0.3) is 21.5 Å². The number of hydrogen-bond donors (Lipinski definition) is 0. The van der Waals surface area contributed by atoms with Crippen LogP contribution in [0.5, 0.6) is 0 Å². The van der Waals surface area contributed by atoms with E-state index in [2.05, 4.69) is 141 Å². The third-order valence-electron chi connectivity index (χ3n) is 6.14. The van der Waals surface area contributed by atoms with Crippen molar-refractivity contribution in [3.8, 4) is 0 Å². The van der Waals surface area contributed by atoms with E-state index < -0.39 is 7.92 Å². The molecule has 0 nitrogen and oxygen atoms in total. The Hall–Kier alpha value is -2.01. The van der Waals surface area contributed by atoms with Crippen molar-refractivity contribution in [1.29, 1.82) is 0 Å². The Bertz CT molecular complexity index is 1380. The summed E-state index contributed by atoms with van der Waals surface area (Å²) in [5, 5.41) is 9.68. The quantitative estimate of drug-likeness (QED) is 0.212. The number of hydrogen-bond acceptors (Lipinski definition) is 0. The molecule has 0 saturated carbocycles. The van der Waals surface area contributed by atoms with Crippen LogP contribution in [0, 0.1) is 13.8 Å². The van der Waals surface area contributed by atoms with E-state index in [0.717, 1.165) is 0 Å². The molecule has 0 heterocycles. The van der Waals surface area contributed by atoms with Gasteiger partial charge in [0, 0.05) is 0 Å². The van der Waals surface area contributed by atoms with E-state index in [-0.39, 0.29) is 51.0 Å². The van der Waals surface area contributed by atoms with E-state index in [0.29, 0.717) is 0 Å². The molecule has 36 heavy (non-hydrogen) atoms. The van der Waals surface area contributed by atoms with Gasteiger partial charge in [0.2, 0.25) is 0 Å². The van der Waals surface area contributed by atoms with Crippen molar-refractivity contribution in [3.05, 3.63) is 139 Å². The molecule has 0 spiro atoms. The third kappa shape index (κ3) is 6.65. The van der Waals surface area contributed by atoms with Crippen LogP contribution < -0.4 is 40.7 Å². The summed E-state index contributed by atoms with van der Waals surface area (Å²) < 4.78 is 0. The van der Waals surface area contributed by atoms with E-state index in [1.165, 1.54) is 48.6 Å². The van der Waals surface area contributed by atoms with Crippen molar-refractivity contribution in [1.82, 2.24) is 0 Å². The topological polar surface area (TPSA) is 0 Å². The number of benzene rings is 4. The maximum atomic E-state index is 2.35. The second kappa shape index (κ2) is 14.1. The van der Waals surface area contributed by atoms with Crippen molar-refractivity contribution in [3.63, 3.8) is 0 Å². The summed E-state index contributed by atoms with van der Waals surface area (Å²) in [6.07, 6.45) is 0. The van der Waals surface area contributed by atoms with Gasteiger partial charge in [0.05, 0.1) is 0 Å². The third-order valence-corrected chi connectivity index (χ3v) is 8.54. The van der Waals surface area contributed by atoms with Crippen LogP contribution in [0.4, 0.5) is 0 Å². The van der Waals surface area contributed by atoms with Gasteiger partial charge in [-0.15, -0.1) is 68.8 Å². The normalized spacial score (nSPS) is 10.1. The van der Waals surface area contributed by atoms with Gasteiger partial charge in [-0.2, -0.15) is 18.2 Å². The zero-order chi connectivity index (χ0) is 22.6. The minimum absolute atomic E-state index is 0. The van der Waals surface area contributed by atoms with Crippen LogP contribution in [0.1, 0.15) is 11.1 Å². The molecule has 4 heteroatoms. The second-order valence-corrected chi connectivity index (χ2v) is 10.6. The van der Waals surface area contributed by atoms with Gasteiger partial charge in [-0.25, -0.2) is 0 Å². The summed E-state index contributed by atoms with van der Waals surface area (Å²) in [5.74, 6) is 0. The zero-order valence-electron chi connectivity index (χ0n) is 20.3. The Balaban J connectivity index is 0.000000279. The largest absolute Gasteiger partial charge is 4.00 e. The molecule has 0 atom stereocenters. The molecule has 6 aromatic carbocycles. The average Bonchev–Trinajstić information content (AvgIpc) is 3.52. The van der Waals surface area contributed by atoms with Crippen LogP contribution >= 0.6 is 7.92 Å². The van der Waals surface area contributed by atoms with E-state index in [1.807, 2.05) is 0 Å². The molecule has 178 valence electrons. The first-order valence-electron chi connectivity index (χ1n) is 11.4. The van der Waals surface area contributed by atoms with Crippen molar-refractivity contribution in [2.24, 2.45) is 0 Å².